The van der Waals surface area contributed by atoms with E-state index in [-0.39, 0.29) is 5.82 Å². The fourth-order valence-corrected chi connectivity index (χ4v) is 3.71. The van der Waals surface area contributed by atoms with E-state index in [9.17, 15) is 4.39 Å². The van der Waals surface area contributed by atoms with Crippen molar-refractivity contribution in [3.63, 3.8) is 0 Å². The van der Waals surface area contributed by atoms with Crippen molar-refractivity contribution in [3.8, 4) is 16.9 Å². The van der Waals surface area contributed by atoms with E-state index in [1.54, 1.807) is 13.2 Å². The maximum Gasteiger partial charge on any atom is 0.129 e. The van der Waals surface area contributed by atoms with E-state index >= 15 is 0 Å². The first kappa shape index (κ1) is 18.2. The third-order valence-electron chi connectivity index (χ3n) is 4.87. The number of nitrogens with one attached hydrogen (secondary N) is 1. The summed E-state index contributed by atoms with van der Waals surface area (Å²) in [6.07, 6.45) is 0. The molecule has 27 heavy (non-hydrogen) atoms. The minimum absolute atomic E-state index is 0.321. The highest BCUT2D eigenvalue weighted by Gasteiger charge is 2.16. The summed E-state index contributed by atoms with van der Waals surface area (Å²) in [5, 5.41) is 4.97. The number of hydrogen-bond acceptors (Lipinski definition) is 4. The maximum absolute atomic E-state index is 13.7. The van der Waals surface area contributed by atoms with Crippen LogP contribution in [0.25, 0.3) is 22.0 Å². The Labute approximate surface area is 162 Å². The number of pyridine rings is 1. The predicted molar refractivity (Wildman–Crippen MR) is 107 cm³/mol. The van der Waals surface area contributed by atoms with Crippen LogP contribution >= 0.6 is 11.6 Å². The number of methoxy groups -OCH3 is 1. The predicted octanol–water partition coefficient (Wildman–Crippen LogP) is 4.11. The fraction of sp³-hybridized carbons (Fsp3) is 0.286. The second-order valence-electron chi connectivity index (χ2n) is 6.69. The Balaban J connectivity index is 1.85. The van der Waals surface area contributed by atoms with Crippen LogP contribution in [0.3, 0.4) is 0 Å². The van der Waals surface area contributed by atoms with Gasteiger partial charge in [0.2, 0.25) is 0 Å². The zero-order valence-electron chi connectivity index (χ0n) is 15.1. The van der Waals surface area contributed by atoms with Crippen LogP contribution in [-0.4, -0.2) is 43.2 Å². The summed E-state index contributed by atoms with van der Waals surface area (Å²) >= 11 is 6.21. The molecule has 0 bridgehead atoms. The van der Waals surface area contributed by atoms with Crippen LogP contribution in [0, 0.1) is 5.82 Å². The van der Waals surface area contributed by atoms with E-state index in [1.807, 2.05) is 18.2 Å². The average Bonchev–Trinajstić information content (AvgIpc) is 2.68. The first-order chi connectivity index (χ1) is 13.1. The number of fused-ring (bicyclic) bond motifs is 1. The Kier molecular flexibility index (Phi) is 5.25. The molecule has 1 fully saturated rings. The van der Waals surface area contributed by atoms with Crippen LogP contribution in [0.15, 0.2) is 42.5 Å². The van der Waals surface area contributed by atoms with Gasteiger partial charge >= 0.3 is 0 Å². The van der Waals surface area contributed by atoms with E-state index in [1.165, 1.54) is 12.1 Å². The molecule has 6 heteroatoms. The number of piperazine rings is 1. The molecule has 0 atom stereocenters. The van der Waals surface area contributed by atoms with Gasteiger partial charge in [-0.15, -0.1) is 0 Å². The highest BCUT2D eigenvalue weighted by atomic mass is 35.5. The summed E-state index contributed by atoms with van der Waals surface area (Å²) in [4.78, 5) is 7.20. The van der Waals surface area contributed by atoms with E-state index in [2.05, 4.69) is 16.3 Å². The minimum atomic E-state index is -0.321. The van der Waals surface area contributed by atoms with Crippen LogP contribution in [0.4, 0.5) is 4.39 Å². The smallest absolute Gasteiger partial charge is 0.129 e. The Hall–Kier alpha value is -2.21. The Bertz CT molecular complexity index is 973. The van der Waals surface area contributed by atoms with Gasteiger partial charge in [0.05, 0.1) is 18.3 Å². The summed E-state index contributed by atoms with van der Waals surface area (Å²) in [5.41, 5.74) is 3.61. The molecule has 140 valence electrons. The summed E-state index contributed by atoms with van der Waals surface area (Å²) in [6, 6.07) is 12.4. The van der Waals surface area contributed by atoms with Crippen LogP contribution < -0.4 is 10.1 Å². The van der Waals surface area contributed by atoms with Gasteiger partial charge in [-0.05, 0) is 35.9 Å². The fourth-order valence-electron chi connectivity index (χ4n) is 3.55. The molecule has 3 aromatic rings. The topological polar surface area (TPSA) is 37.4 Å². The van der Waals surface area contributed by atoms with Crippen molar-refractivity contribution in [3.05, 3.63) is 59.0 Å². The van der Waals surface area contributed by atoms with E-state index in [0.717, 1.165) is 60.4 Å². The lowest BCUT2D eigenvalue weighted by molar-refractivity contribution is 0.231. The molecule has 0 radical (unpaired) electrons. The molecule has 4 rings (SSSR count). The third kappa shape index (κ3) is 3.90. The number of rotatable bonds is 4. The van der Waals surface area contributed by atoms with Crippen LogP contribution in [0.5, 0.6) is 5.75 Å². The molecule has 2 aromatic carbocycles. The lowest BCUT2D eigenvalue weighted by Crippen LogP contribution is -2.43. The summed E-state index contributed by atoms with van der Waals surface area (Å²) < 4.78 is 19.1. The van der Waals surface area contributed by atoms with Crippen molar-refractivity contribution in [2.24, 2.45) is 0 Å². The number of halogens is 2. The van der Waals surface area contributed by atoms with Gasteiger partial charge in [-0.1, -0.05) is 17.7 Å². The lowest BCUT2D eigenvalue weighted by atomic mass is 9.99. The second kappa shape index (κ2) is 7.80. The van der Waals surface area contributed by atoms with E-state index in [0.29, 0.717) is 10.8 Å². The summed E-state index contributed by atoms with van der Waals surface area (Å²) in [7, 11) is 1.56. The third-order valence-corrected chi connectivity index (χ3v) is 5.11. The van der Waals surface area contributed by atoms with Crippen molar-refractivity contribution in [1.29, 1.82) is 0 Å². The van der Waals surface area contributed by atoms with Gasteiger partial charge in [-0.3, -0.25) is 9.88 Å². The van der Waals surface area contributed by atoms with Crippen molar-refractivity contribution in [1.82, 2.24) is 15.2 Å². The quantitative estimate of drug-likeness (QED) is 0.733. The first-order valence-electron chi connectivity index (χ1n) is 9.00. The molecule has 0 aliphatic carbocycles. The number of hydrogen-bond donors (Lipinski definition) is 1. The SMILES string of the molecule is COc1cc(F)ccc1-c1cc(CN2CCNCC2)nc2cc(Cl)ccc12. The molecule has 0 unspecified atom stereocenters. The Morgan fingerprint density at radius 3 is 2.70 bits per heavy atom. The molecule has 1 aliphatic rings. The lowest BCUT2D eigenvalue weighted by Gasteiger charge is -2.27. The number of benzene rings is 2. The highest BCUT2D eigenvalue weighted by Crippen LogP contribution is 2.36. The average molecular weight is 386 g/mol. The molecule has 1 aliphatic heterocycles. The van der Waals surface area contributed by atoms with Gasteiger partial charge in [0, 0.05) is 54.8 Å². The maximum atomic E-state index is 13.7. The number of aromatic nitrogens is 1. The molecular weight excluding hydrogens is 365 g/mol. The molecule has 1 N–H and O–H groups in total. The van der Waals surface area contributed by atoms with Gasteiger partial charge < -0.3 is 10.1 Å². The van der Waals surface area contributed by atoms with Crippen LogP contribution in [0.1, 0.15) is 5.69 Å². The first-order valence-corrected chi connectivity index (χ1v) is 9.38. The minimum Gasteiger partial charge on any atom is -0.496 e. The highest BCUT2D eigenvalue weighted by molar-refractivity contribution is 6.31. The molecule has 1 saturated heterocycles. The van der Waals surface area contributed by atoms with Crippen molar-refractivity contribution < 1.29 is 9.13 Å². The summed E-state index contributed by atoms with van der Waals surface area (Å²) in [6.45, 7) is 4.71. The van der Waals surface area contributed by atoms with Crippen molar-refractivity contribution in [2.45, 2.75) is 6.54 Å². The molecule has 0 amide bonds. The van der Waals surface area contributed by atoms with Crippen molar-refractivity contribution in [2.75, 3.05) is 33.3 Å². The Morgan fingerprint density at radius 1 is 1.11 bits per heavy atom. The van der Waals surface area contributed by atoms with Gasteiger partial charge in [0.15, 0.2) is 0 Å². The molecule has 0 saturated carbocycles. The van der Waals surface area contributed by atoms with Crippen molar-refractivity contribution >= 4 is 22.5 Å². The van der Waals surface area contributed by atoms with E-state index in [4.69, 9.17) is 21.3 Å². The Morgan fingerprint density at radius 2 is 1.93 bits per heavy atom. The zero-order chi connectivity index (χ0) is 18.8. The molecule has 1 aromatic heterocycles. The van der Waals surface area contributed by atoms with Gasteiger partial charge in [-0.2, -0.15) is 0 Å². The molecule has 0 spiro atoms. The van der Waals surface area contributed by atoms with Gasteiger partial charge in [-0.25, -0.2) is 4.39 Å². The van der Waals surface area contributed by atoms with Crippen LogP contribution in [-0.2, 0) is 6.54 Å². The normalized spacial score (nSPS) is 15.2. The molecule has 4 nitrogen and oxygen atoms in total. The largest absolute Gasteiger partial charge is 0.496 e. The molecular formula is C21H21ClFN3O. The van der Waals surface area contributed by atoms with Crippen LogP contribution in [0.2, 0.25) is 5.02 Å². The van der Waals surface area contributed by atoms with E-state index < -0.39 is 0 Å². The standard InChI is InChI=1S/C21H21ClFN3O/c1-27-21-11-15(23)3-5-18(21)19-12-16(13-26-8-6-24-7-9-26)25-20-10-14(22)2-4-17(19)20/h2-5,10-12,24H,6-9,13H2,1H3. The zero-order valence-corrected chi connectivity index (χ0v) is 15.9. The summed E-state index contributed by atoms with van der Waals surface area (Å²) in [5.74, 6) is 0.184. The van der Waals surface area contributed by atoms with Gasteiger partial charge in [0.25, 0.3) is 0 Å². The van der Waals surface area contributed by atoms with Gasteiger partial charge in [0.1, 0.15) is 11.6 Å². The number of nitrogens with zero attached hydrogens (tertiary/aromatic N) is 2. The number of ether oxygens (including phenoxy) is 1. The molecule has 2 heterocycles. The monoisotopic (exact) mass is 385 g/mol. The second-order valence-corrected chi connectivity index (χ2v) is 7.13.